The van der Waals surface area contributed by atoms with Gasteiger partial charge in [-0.2, -0.15) is 0 Å². The highest BCUT2D eigenvalue weighted by Gasteiger charge is 2.17. The zero-order valence-electron chi connectivity index (χ0n) is 29.4. The fourth-order valence-electron chi connectivity index (χ4n) is 7.53. The fourth-order valence-corrected chi connectivity index (χ4v) is 7.53. The van der Waals surface area contributed by atoms with Crippen molar-refractivity contribution in [1.82, 2.24) is 15.0 Å². The summed E-state index contributed by atoms with van der Waals surface area (Å²) in [6.07, 6.45) is 0. The summed E-state index contributed by atoms with van der Waals surface area (Å²) in [5.41, 5.74) is 9.70. The third-order valence-corrected chi connectivity index (χ3v) is 10.3. The average molecular weight is 688 g/mol. The number of nitrogens with zero attached hydrogens (tertiary/aromatic N) is 3. The van der Waals surface area contributed by atoms with E-state index in [0.717, 1.165) is 44.3 Å². The number of hydrogen-bond acceptors (Lipinski definition) is 3. The van der Waals surface area contributed by atoms with Gasteiger partial charge in [-0.3, -0.25) is 0 Å². The molecule has 0 aliphatic heterocycles. The monoisotopic (exact) mass is 687 g/mol. The van der Waals surface area contributed by atoms with E-state index in [2.05, 4.69) is 194 Å². The van der Waals surface area contributed by atoms with E-state index in [1.807, 2.05) is 6.07 Å². The maximum atomic E-state index is 5.19. The van der Waals surface area contributed by atoms with Crippen LogP contribution >= 0.6 is 0 Å². The first-order valence-electron chi connectivity index (χ1n) is 18.3. The van der Waals surface area contributed by atoms with E-state index in [4.69, 9.17) is 15.0 Å². The molecular formula is C51H33N3. The molecule has 0 N–H and O–H groups in total. The minimum atomic E-state index is 0.631. The zero-order valence-corrected chi connectivity index (χ0v) is 29.4. The summed E-state index contributed by atoms with van der Waals surface area (Å²) in [7, 11) is 0. The number of fused-ring (bicyclic) bond motifs is 4. The minimum Gasteiger partial charge on any atom is -0.208 e. The van der Waals surface area contributed by atoms with Crippen LogP contribution in [-0.4, -0.2) is 15.0 Å². The smallest absolute Gasteiger partial charge is 0.164 e. The molecule has 1 aromatic heterocycles. The first-order valence-corrected chi connectivity index (χ1v) is 18.3. The number of rotatable bonds is 6. The van der Waals surface area contributed by atoms with E-state index >= 15 is 0 Å². The third-order valence-electron chi connectivity index (χ3n) is 10.3. The van der Waals surface area contributed by atoms with Crippen molar-refractivity contribution in [3.63, 3.8) is 0 Å². The second-order valence-electron chi connectivity index (χ2n) is 13.7. The molecule has 0 saturated carbocycles. The highest BCUT2D eigenvalue weighted by molar-refractivity contribution is 6.08. The van der Waals surface area contributed by atoms with Gasteiger partial charge in [-0.15, -0.1) is 0 Å². The molecule has 0 saturated heterocycles. The Labute approximate surface area is 313 Å². The van der Waals surface area contributed by atoms with Gasteiger partial charge >= 0.3 is 0 Å². The van der Waals surface area contributed by atoms with Gasteiger partial charge in [0.05, 0.1) is 0 Å². The van der Waals surface area contributed by atoms with Crippen molar-refractivity contribution >= 4 is 32.3 Å². The van der Waals surface area contributed by atoms with Crippen molar-refractivity contribution in [2.24, 2.45) is 0 Å². The Kier molecular flexibility index (Phi) is 7.81. The van der Waals surface area contributed by atoms with E-state index < -0.39 is 0 Å². The van der Waals surface area contributed by atoms with Crippen molar-refractivity contribution in [2.75, 3.05) is 0 Å². The third kappa shape index (κ3) is 5.88. The van der Waals surface area contributed by atoms with Gasteiger partial charge in [-0.1, -0.05) is 176 Å². The lowest BCUT2D eigenvalue weighted by Gasteiger charge is -2.13. The molecule has 3 heteroatoms. The van der Waals surface area contributed by atoms with Crippen LogP contribution in [0.5, 0.6) is 0 Å². The van der Waals surface area contributed by atoms with Gasteiger partial charge in [0.2, 0.25) is 0 Å². The topological polar surface area (TPSA) is 38.7 Å². The Morgan fingerprint density at radius 2 is 0.685 bits per heavy atom. The molecule has 0 amide bonds. The molecule has 10 aromatic rings. The van der Waals surface area contributed by atoms with Crippen LogP contribution in [0.1, 0.15) is 0 Å². The first kappa shape index (κ1) is 31.5. The first-order chi connectivity index (χ1) is 26.7. The molecule has 9 aromatic carbocycles. The van der Waals surface area contributed by atoms with Crippen molar-refractivity contribution in [2.45, 2.75) is 0 Å². The van der Waals surface area contributed by atoms with Gasteiger partial charge in [0.1, 0.15) is 0 Å². The van der Waals surface area contributed by atoms with Crippen LogP contribution in [0.4, 0.5) is 0 Å². The molecular weight excluding hydrogens is 655 g/mol. The van der Waals surface area contributed by atoms with Crippen molar-refractivity contribution in [3.05, 3.63) is 200 Å². The second-order valence-corrected chi connectivity index (χ2v) is 13.7. The lowest BCUT2D eigenvalue weighted by Crippen LogP contribution is -2.01. The van der Waals surface area contributed by atoms with Crippen LogP contribution < -0.4 is 0 Å². The van der Waals surface area contributed by atoms with Gasteiger partial charge in [0.15, 0.2) is 17.5 Å². The maximum absolute atomic E-state index is 5.19. The van der Waals surface area contributed by atoms with Crippen molar-refractivity contribution in [3.8, 4) is 67.5 Å². The summed E-state index contributed by atoms with van der Waals surface area (Å²) in [5.74, 6) is 1.91. The molecule has 252 valence electrons. The molecule has 0 unspecified atom stereocenters. The number of hydrogen-bond donors (Lipinski definition) is 0. The quantitative estimate of drug-likeness (QED) is 0.163. The molecule has 1 heterocycles. The molecule has 54 heavy (non-hydrogen) atoms. The van der Waals surface area contributed by atoms with Crippen LogP contribution in [0, 0.1) is 0 Å². The predicted molar refractivity (Wildman–Crippen MR) is 225 cm³/mol. The molecule has 0 aliphatic carbocycles. The van der Waals surface area contributed by atoms with E-state index in [1.165, 1.54) is 38.1 Å². The van der Waals surface area contributed by atoms with Crippen molar-refractivity contribution < 1.29 is 0 Å². The molecule has 0 bridgehead atoms. The molecule has 0 spiro atoms. The average Bonchev–Trinajstić information content (AvgIpc) is 3.26. The largest absolute Gasteiger partial charge is 0.208 e. The van der Waals surface area contributed by atoms with Gasteiger partial charge in [0, 0.05) is 16.7 Å². The van der Waals surface area contributed by atoms with E-state index in [9.17, 15) is 0 Å². The van der Waals surface area contributed by atoms with E-state index in [1.54, 1.807) is 0 Å². The highest BCUT2D eigenvalue weighted by Crippen LogP contribution is 2.35. The lowest BCUT2D eigenvalue weighted by molar-refractivity contribution is 1.07. The Morgan fingerprint density at radius 1 is 0.222 bits per heavy atom. The second kappa shape index (κ2) is 13.4. The Balaban J connectivity index is 1.10. The van der Waals surface area contributed by atoms with Crippen LogP contribution in [0.2, 0.25) is 0 Å². The van der Waals surface area contributed by atoms with E-state index in [-0.39, 0.29) is 0 Å². The summed E-state index contributed by atoms with van der Waals surface area (Å²) in [6, 6.07) is 70.6. The normalized spacial score (nSPS) is 11.3. The number of aromatic nitrogens is 3. The standard InChI is InChI=1S/C51H33N3/c1-3-12-34(13-4-1)38-23-24-41-31-39(25-26-40(41)30-38)37-17-11-18-43(32-37)49-52-50(44-28-29-47-42(33-44)27-22-36-16-7-8-19-45(36)47)54-51(53-49)48-21-10-9-20-46(48)35-14-5-2-6-15-35/h1-33H. The summed E-state index contributed by atoms with van der Waals surface area (Å²) < 4.78 is 0. The fraction of sp³-hybridized carbons (Fsp3) is 0. The van der Waals surface area contributed by atoms with Crippen LogP contribution in [0.25, 0.3) is 99.9 Å². The van der Waals surface area contributed by atoms with Gasteiger partial charge < -0.3 is 0 Å². The van der Waals surface area contributed by atoms with Gasteiger partial charge in [-0.05, 0) is 90.0 Å². The van der Waals surface area contributed by atoms with E-state index in [0.29, 0.717) is 17.5 Å². The molecule has 3 nitrogen and oxygen atoms in total. The highest BCUT2D eigenvalue weighted by atomic mass is 15.0. The summed E-state index contributed by atoms with van der Waals surface area (Å²) in [6.45, 7) is 0. The maximum Gasteiger partial charge on any atom is 0.164 e. The summed E-state index contributed by atoms with van der Waals surface area (Å²) in [4.78, 5) is 15.5. The molecule has 0 atom stereocenters. The zero-order chi connectivity index (χ0) is 35.8. The summed E-state index contributed by atoms with van der Waals surface area (Å²) in [5, 5.41) is 7.22. The molecule has 0 fully saturated rings. The Hall–Kier alpha value is -7.23. The molecule has 0 aliphatic rings. The van der Waals surface area contributed by atoms with Crippen LogP contribution in [-0.2, 0) is 0 Å². The summed E-state index contributed by atoms with van der Waals surface area (Å²) >= 11 is 0. The van der Waals surface area contributed by atoms with Gasteiger partial charge in [-0.25, -0.2) is 15.0 Å². The predicted octanol–water partition coefficient (Wildman–Crippen LogP) is 13.3. The molecule has 10 rings (SSSR count). The van der Waals surface area contributed by atoms with Crippen LogP contribution in [0.3, 0.4) is 0 Å². The Bertz CT molecular complexity index is 2990. The SMILES string of the molecule is c1ccc(-c2ccc3cc(-c4cccc(-c5nc(-c6ccc7c(ccc8ccccc87)c6)nc(-c6ccccc6-c6ccccc6)n5)c4)ccc3c2)cc1. The lowest BCUT2D eigenvalue weighted by atomic mass is 9.97. The van der Waals surface area contributed by atoms with Crippen LogP contribution in [0.15, 0.2) is 200 Å². The van der Waals surface area contributed by atoms with Gasteiger partial charge in [0.25, 0.3) is 0 Å². The van der Waals surface area contributed by atoms with Crippen molar-refractivity contribution in [1.29, 1.82) is 0 Å². The molecule has 0 radical (unpaired) electrons. The number of benzene rings is 9. The minimum absolute atomic E-state index is 0.631. The Morgan fingerprint density at radius 3 is 1.44 bits per heavy atom.